The summed E-state index contributed by atoms with van der Waals surface area (Å²) in [5.41, 5.74) is 0. The summed E-state index contributed by atoms with van der Waals surface area (Å²) in [5, 5.41) is 0. The molecule has 11 heteroatoms. The monoisotopic (exact) mass is 236 g/mol. The van der Waals surface area contributed by atoms with Crippen LogP contribution < -0.4 is 34.5 Å². The third kappa shape index (κ3) is 336. The molecule has 1 atom stereocenters. The van der Waals surface area contributed by atoms with Gasteiger partial charge in [0, 0.05) is 0 Å². The van der Waals surface area contributed by atoms with Gasteiger partial charge in [-0.15, -0.1) is 0 Å². The third-order valence-corrected chi connectivity index (χ3v) is 0. The summed E-state index contributed by atoms with van der Waals surface area (Å²) in [7, 11) is -7.51. The molecular weight excluding hydrogens is 228 g/mol. The standard InChI is InChI=1S/Na.H3O4P.H3O3P.H3P/c;1-5(2,3)4;1-4(2)3;/h;(H3,1,2,3,4);1-3H;1H3/q+1;;;/p-1. The van der Waals surface area contributed by atoms with Crippen LogP contribution in [0.25, 0.3) is 0 Å². The molecule has 0 rings (SSSR count). The van der Waals surface area contributed by atoms with Crippen molar-refractivity contribution in [3.8, 4) is 0 Å². The van der Waals surface area contributed by atoms with E-state index in [1.165, 1.54) is 0 Å². The minimum absolute atomic E-state index is 0. The third-order valence-electron chi connectivity index (χ3n) is 0. The van der Waals surface area contributed by atoms with Gasteiger partial charge >= 0.3 is 38.2 Å². The average molecular weight is 236 g/mol. The smallest absolute Gasteiger partial charge is 0.756 e. The fourth-order valence-electron chi connectivity index (χ4n) is 0. The molecule has 0 aliphatic heterocycles. The molecule has 5 N–H and O–H groups in total. The first kappa shape index (κ1) is 23.0. The second kappa shape index (κ2) is 11.8. The SMILES string of the molecule is O=P([O-])(O)O.OP(O)O.P.[Na+]. The molecule has 0 amide bonds. The number of phosphoric acid groups is 1. The Morgan fingerprint density at radius 1 is 1.18 bits per heavy atom. The van der Waals surface area contributed by atoms with E-state index in [0.29, 0.717) is 0 Å². The van der Waals surface area contributed by atoms with Crippen molar-refractivity contribution >= 4 is 26.3 Å². The van der Waals surface area contributed by atoms with Gasteiger partial charge in [-0.25, -0.2) is 0 Å². The van der Waals surface area contributed by atoms with Gasteiger partial charge in [-0.2, -0.15) is 9.90 Å². The van der Waals surface area contributed by atoms with E-state index in [1.807, 2.05) is 0 Å². The van der Waals surface area contributed by atoms with Gasteiger partial charge in [0.1, 0.15) is 0 Å². The van der Waals surface area contributed by atoms with E-state index in [9.17, 15) is 0 Å². The molecule has 0 bridgehead atoms. The molecule has 0 fully saturated rings. The van der Waals surface area contributed by atoms with E-state index in [-0.39, 0.29) is 39.5 Å². The van der Waals surface area contributed by atoms with Gasteiger partial charge in [-0.3, -0.25) is 4.57 Å². The summed E-state index contributed by atoms with van der Waals surface area (Å²) in [6.07, 6.45) is 0. The van der Waals surface area contributed by atoms with Crippen molar-refractivity contribution in [3.63, 3.8) is 0 Å². The summed E-state index contributed by atoms with van der Waals surface area (Å²) >= 11 is 0. The van der Waals surface area contributed by atoms with Crippen LogP contribution in [-0.2, 0) is 4.57 Å². The molecule has 0 saturated heterocycles. The number of rotatable bonds is 0. The summed E-state index contributed by atoms with van der Waals surface area (Å²) in [4.78, 5) is 44.6. The van der Waals surface area contributed by atoms with Crippen LogP contribution in [0, 0.1) is 0 Å². The van der Waals surface area contributed by atoms with Crippen molar-refractivity contribution in [3.05, 3.63) is 0 Å². The van der Waals surface area contributed by atoms with Crippen LogP contribution in [0.1, 0.15) is 0 Å². The number of hydrogen-bond acceptors (Lipinski definition) is 5. The summed E-state index contributed by atoms with van der Waals surface area (Å²) in [6.45, 7) is 0. The van der Waals surface area contributed by atoms with E-state index < -0.39 is 16.4 Å². The van der Waals surface area contributed by atoms with Crippen LogP contribution >= 0.6 is 26.3 Å². The Bertz CT molecular complexity index is 84.8. The Balaban J connectivity index is -0.0000000383. The molecule has 66 valence electrons. The quantitative estimate of drug-likeness (QED) is 0.209. The molecule has 0 aromatic rings. The van der Waals surface area contributed by atoms with Crippen molar-refractivity contribution < 1.29 is 63.5 Å². The summed E-state index contributed by atoms with van der Waals surface area (Å²) < 4.78 is 8.77. The fraction of sp³-hybridized carbons (Fsp3) is 0. The van der Waals surface area contributed by atoms with Crippen LogP contribution in [0.2, 0.25) is 0 Å². The Labute approximate surface area is 89.6 Å². The van der Waals surface area contributed by atoms with Crippen molar-refractivity contribution in [2.24, 2.45) is 0 Å². The molecule has 0 spiro atoms. The Kier molecular flexibility index (Phi) is 24.8. The zero-order valence-corrected chi connectivity index (χ0v) is 10.9. The van der Waals surface area contributed by atoms with Gasteiger partial charge in [0.25, 0.3) is 7.82 Å². The minimum Gasteiger partial charge on any atom is -0.756 e. The molecule has 0 aliphatic rings. The Hall–Kier alpha value is 1.85. The van der Waals surface area contributed by atoms with E-state index in [2.05, 4.69) is 0 Å². The molecule has 0 aromatic carbocycles. The van der Waals surface area contributed by atoms with Crippen LogP contribution in [0.5, 0.6) is 0 Å². The minimum atomic E-state index is -4.89. The average Bonchev–Trinajstić information content (AvgIpc) is 1.19. The van der Waals surface area contributed by atoms with E-state index >= 15 is 0 Å². The van der Waals surface area contributed by atoms with E-state index in [0.717, 1.165) is 0 Å². The van der Waals surface area contributed by atoms with Crippen molar-refractivity contribution in [1.29, 1.82) is 0 Å². The van der Waals surface area contributed by atoms with Gasteiger partial charge in [0.15, 0.2) is 0 Å². The first-order valence-electron chi connectivity index (χ1n) is 1.37. The zero-order chi connectivity index (χ0) is 8.08. The molecule has 0 aromatic heterocycles. The van der Waals surface area contributed by atoms with Crippen LogP contribution in [-0.4, -0.2) is 24.5 Å². The van der Waals surface area contributed by atoms with Gasteiger partial charge in [-0.1, -0.05) is 0 Å². The maximum Gasteiger partial charge on any atom is 1.00 e. The summed E-state index contributed by atoms with van der Waals surface area (Å²) in [5.74, 6) is 0. The Morgan fingerprint density at radius 2 is 1.18 bits per heavy atom. The molecular formula is H8NaO7P3. The van der Waals surface area contributed by atoms with Crippen LogP contribution in [0.3, 0.4) is 0 Å². The topological polar surface area (TPSA) is 141 Å². The molecule has 0 radical (unpaired) electrons. The van der Waals surface area contributed by atoms with Crippen LogP contribution in [0.4, 0.5) is 0 Å². The van der Waals surface area contributed by atoms with Gasteiger partial charge in [0.05, 0.1) is 0 Å². The molecule has 1 unspecified atom stereocenters. The normalized spacial score (nSPS) is 8.64. The molecule has 7 nitrogen and oxygen atoms in total. The van der Waals surface area contributed by atoms with Crippen molar-refractivity contribution in [1.82, 2.24) is 0 Å². The zero-order valence-electron chi connectivity index (χ0n) is 5.65. The van der Waals surface area contributed by atoms with E-state index in [4.69, 9.17) is 33.9 Å². The largest absolute Gasteiger partial charge is 1.00 e. The molecule has 0 aliphatic carbocycles. The first-order valence-corrected chi connectivity index (χ1v) is 4.10. The second-order valence-electron chi connectivity index (χ2n) is 0.759. The predicted octanol–water partition coefficient (Wildman–Crippen LogP) is -5.31. The van der Waals surface area contributed by atoms with Gasteiger partial charge in [0.2, 0.25) is 0 Å². The fourth-order valence-corrected chi connectivity index (χ4v) is 0. The van der Waals surface area contributed by atoms with E-state index in [1.54, 1.807) is 0 Å². The molecule has 0 saturated carbocycles. The molecule has 11 heavy (non-hydrogen) atoms. The second-order valence-corrected chi connectivity index (χ2v) is 2.28. The van der Waals surface area contributed by atoms with Crippen molar-refractivity contribution in [2.75, 3.05) is 0 Å². The first-order chi connectivity index (χ1) is 3.73. The molecule has 0 heterocycles. The Morgan fingerprint density at radius 3 is 1.18 bits per heavy atom. The maximum absolute atomic E-state index is 8.77. The van der Waals surface area contributed by atoms with Gasteiger partial charge in [-0.05, 0) is 0 Å². The van der Waals surface area contributed by atoms with Gasteiger partial charge < -0.3 is 29.4 Å². The number of hydrogen-bond donors (Lipinski definition) is 5. The predicted molar refractivity (Wildman–Crippen MR) is 36.7 cm³/mol. The van der Waals surface area contributed by atoms with Crippen LogP contribution in [0.15, 0.2) is 0 Å². The van der Waals surface area contributed by atoms with Crippen molar-refractivity contribution in [2.45, 2.75) is 0 Å². The summed E-state index contributed by atoms with van der Waals surface area (Å²) in [6, 6.07) is 0. The maximum atomic E-state index is 8.77.